The molecular formula is C20H35N3O4. The summed E-state index contributed by atoms with van der Waals surface area (Å²) in [6.45, 7) is 9.51. The van der Waals surface area contributed by atoms with Crippen molar-refractivity contribution in [2.45, 2.75) is 46.6 Å². The smallest absolute Gasteiger partial charge is 0.333 e. The molecule has 0 saturated carbocycles. The molecule has 1 heterocycles. The third-order valence-corrected chi connectivity index (χ3v) is 5.05. The van der Waals surface area contributed by atoms with E-state index in [1.807, 2.05) is 20.9 Å². The zero-order valence-corrected chi connectivity index (χ0v) is 17.6. The van der Waals surface area contributed by atoms with E-state index in [-0.39, 0.29) is 42.2 Å². The number of nitrogens with one attached hydrogen (secondary N) is 1. The molecule has 1 N–H and O–H groups in total. The first-order valence-electron chi connectivity index (χ1n) is 9.74. The predicted octanol–water partition coefficient (Wildman–Crippen LogP) is 1.44. The van der Waals surface area contributed by atoms with E-state index < -0.39 is 0 Å². The number of nitrogens with zero attached hydrogens (tertiary/aromatic N) is 2. The van der Waals surface area contributed by atoms with Gasteiger partial charge in [0.2, 0.25) is 11.8 Å². The summed E-state index contributed by atoms with van der Waals surface area (Å²) in [5, 5.41) is 2.78. The first-order chi connectivity index (χ1) is 12.7. The fourth-order valence-corrected chi connectivity index (χ4v) is 3.19. The monoisotopic (exact) mass is 381 g/mol. The van der Waals surface area contributed by atoms with E-state index in [0.717, 1.165) is 25.9 Å². The molecule has 1 saturated heterocycles. The van der Waals surface area contributed by atoms with Crippen LogP contribution in [0, 0.1) is 11.8 Å². The van der Waals surface area contributed by atoms with E-state index in [2.05, 4.69) is 10.2 Å². The maximum Gasteiger partial charge on any atom is 0.333 e. The summed E-state index contributed by atoms with van der Waals surface area (Å²) in [5.41, 5.74) is 0.477. The Bertz CT molecular complexity index is 551. The second kappa shape index (κ2) is 11.1. The highest BCUT2D eigenvalue weighted by Gasteiger charge is 2.26. The number of esters is 1. The van der Waals surface area contributed by atoms with E-state index in [9.17, 15) is 14.4 Å². The summed E-state index contributed by atoms with van der Waals surface area (Å²) in [7, 11) is 3.74. The van der Waals surface area contributed by atoms with Gasteiger partial charge in [0.05, 0.1) is 19.2 Å². The van der Waals surface area contributed by atoms with E-state index in [1.165, 1.54) is 0 Å². The number of carbonyl (C=O) groups excluding carboxylic acids is 3. The number of amides is 2. The van der Waals surface area contributed by atoms with E-state index in [4.69, 9.17) is 4.74 Å². The van der Waals surface area contributed by atoms with Gasteiger partial charge in [-0.1, -0.05) is 19.9 Å². The molecule has 154 valence electrons. The van der Waals surface area contributed by atoms with Crippen molar-refractivity contribution >= 4 is 17.8 Å². The van der Waals surface area contributed by atoms with Gasteiger partial charge in [-0.3, -0.25) is 9.59 Å². The molecule has 0 aromatic rings. The second-order valence-electron chi connectivity index (χ2n) is 7.60. The largest absolute Gasteiger partial charge is 0.463 e. The normalized spacial score (nSPS) is 17.5. The molecule has 0 aromatic carbocycles. The number of likely N-dealkylation sites (tertiary alicyclic amines) is 1. The lowest BCUT2D eigenvalue weighted by Crippen LogP contribution is -2.46. The molecule has 27 heavy (non-hydrogen) atoms. The number of piperidine rings is 1. The Morgan fingerprint density at radius 1 is 1.26 bits per heavy atom. The van der Waals surface area contributed by atoms with Crippen LogP contribution in [0.2, 0.25) is 0 Å². The van der Waals surface area contributed by atoms with E-state index in [0.29, 0.717) is 12.2 Å². The molecule has 1 aliphatic rings. The van der Waals surface area contributed by atoms with Gasteiger partial charge in [-0.15, -0.1) is 0 Å². The number of hydrogen-bond acceptors (Lipinski definition) is 5. The highest BCUT2D eigenvalue weighted by molar-refractivity contribution is 5.88. The van der Waals surface area contributed by atoms with Crippen LogP contribution in [0.15, 0.2) is 11.6 Å². The van der Waals surface area contributed by atoms with Gasteiger partial charge in [-0.2, -0.15) is 0 Å². The summed E-state index contributed by atoms with van der Waals surface area (Å²) in [5.74, 6) is -0.509. The minimum Gasteiger partial charge on any atom is -0.463 e. The van der Waals surface area contributed by atoms with Gasteiger partial charge >= 0.3 is 5.97 Å². The minimum absolute atomic E-state index is 0.0221. The Morgan fingerprint density at radius 3 is 2.37 bits per heavy atom. The van der Waals surface area contributed by atoms with Gasteiger partial charge < -0.3 is 19.9 Å². The quantitative estimate of drug-likeness (QED) is 0.508. The van der Waals surface area contributed by atoms with Crippen LogP contribution in [0.4, 0.5) is 0 Å². The standard InChI is InChI=1S/C20H35N3O4/c1-7-27-20(26)15(4)12-17(14(2)3)23(6)18(24)13-21-19(25)16-8-10-22(5)11-9-16/h12,14,16-17H,7-11,13H2,1-6H3,(H,21,25)/b15-12+. The van der Waals surface area contributed by atoms with E-state index >= 15 is 0 Å². The molecule has 0 radical (unpaired) electrons. The number of rotatable bonds is 8. The van der Waals surface area contributed by atoms with Crippen molar-refractivity contribution in [1.82, 2.24) is 15.1 Å². The molecule has 1 unspecified atom stereocenters. The molecule has 0 aromatic heterocycles. The fourth-order valence-electron chi connectivity index (χ4n) is 3.19. The van der Waals surface area contributed by atoms with Crippen LogP contribution in [0.5, 0.6) is 0 Å². The molecule has 1 rings (SSSR count). The highest BCUT2D eigenvalue weighted by atomic mass is 16.5. The molecule has 1 aliphatic heterocycles. The topological polar surface area (TPSA) is 79.0 Å². The second-order valence-corrected chi connectivity index (χ2v) is 7.60. The minimum atomic E-state index is -0.375. The van der Waals surface area contributed by atoms with Crippen LogP contribution in [-0.2, 0) is 19.1 Å². The van der Waals surface area contributed by atoms with Gasteiger partial charge in [0.1, 0.15) is 0 Å². The third-order valence-electron chi connectivity index (χ3n) is 5.05. The van der Waals surface area contributed by atoms with Crippen LogP contribution in [0.3, 0.4) is 0 Å². The molecule has 0 spiro atoms. The van der Waals surface area contributed by atoms with Crippen LogP contribution in [0.25, 0.3) is 0 Å². The van der Waals surface area contributed by atoms with Crippen molar-refractivity contribution in [3.8, 4) is 0 Å². The number of hydrogen-bond donors (Lipinski definition) is 1. The van der Waals surface area contributed by atoms with Crippen molar-refractivity contribution in [2.75, 3.05) is 40.3 Å². The van der Waals surface area contributed by atoms with Crippen LogP contribution in [0.1, 0.15) is 40.5 Å². The maximum absolute atomic E-state index is 12.6. The Labute approximate surface area is 163 Å². The van der Waals surface area contributed by atoms with Gasteiger partial charge in [-0.25, -0.2) is 4.79 Å². The third kappa shape index (κ3) is 7.33. The Balaban J connectivity index is 2.64. The first kappa shape index (κ1) is 23.1. The van der Waals surface area contributed by atoms with Crippen molar-refractivity contribution in [2.24, 2.45) is 11.8 Å². The lowest BCUT2D eigenvalue weighted by atomic mass is 9.96. The first-order valence-corrected chi connectivity index (χ1v) is 9.74. The maximum atomic E-state index is 12.6. The van der Waals surface area contributed by atoms with Crippen LogP contribution in [-0.4, -0.2) is 74.0 Å². The summed E-state index contributed by atoms with van der Waals surface area (Å²) < 4.78 is 5.01. The van der Waals surface area contributed by atoms with Gasteiger partial charge in [0.15, 0.2) is 0 Å². The molecule has 0 aliphatic carbocycles. The molecule has 7 heteroatoms. The average molecular weight is 382 g/mol. The summed E-state index contributed by atoms with van der Waals surface area (Å²) in [6.07, 6.45) is 3.41. The zero-order chi connectivity index (χ0) is 20.6. The number of ether oxygens (including phenoxy) is 1. The summed E-state index contributed by atoms with van der Waals surface area (Å²) in [4.78, 5) is 40.5. The number of likely N-dealkylation sites (N-methyl/N-ethyl adjacent to an activating group) is 1. The summed E-state index contributed by atoms with van der Waals surface area (Å²) >= 11 is 0. The average Bonchev–Trinajstić information content (AvgIpc) is 2.63. The molecule has 0 bridgehead atoms. The Hall–Kier alpha value is -1.89. The van der Waals surface area contributed by atoms with Crippen molar-refractivity contribution in [3.05, 3.63) is 11.6 Å². The van der Waals surface area contributed by atoms with Crippen molar-refractivity contribution in [3.63, 3.8) is 0 Å². The predicted molar refractivity (Wildman–Crippen MR) is 105 cm³/mol. The van der Waals surface area contributed by atoms with Crippen LogP contribution >= 0.6 is 0 Å². The fraction of sp³-hybridized carbons (Fsp3) is 0.750. The Kier molecular flexibility index (Phi) is 9.49. The Morgan fingerprint density at radius 2 is 1.85 bits per heavy atom. The van der Waals surface area contributed by atoms with Crippen molar-refractivity contribution in [1.29, 1.82) is 0 Å². The lowest BCUT2D eigenvalue weighted by Gasteiger charge is -2.30. The van der Waals surface area contributed by atoms with Gasteiger partial charge in [0, 0.05) is 18.5 Å². The van der Waals surface area contributed by atoms with Crippen molar-refractivity contribution < 1.29 is 19.1 Å². The molecule has 2 amide bonds. The lowest BCUT2D eigenvalue weighted by molar-refractivity contribution is -0.138. The van der Waals surface area contributed by atoms with Crippen LogP contribution < -0.4 is 5.32 Å². The molecular weight excluding hydrogens is 346 g/mol. The molecule has 1 atom stereocenters. The molecule has 7 nitrogen and oxygen atoms in total. The van der Waals surface area contributed by atoms with Gasteiger partial charge in [0.25, 0.3) is 0 Å². The van der Waals surface area contributed by atoms with Gasteiger partial charge in [-0.05, 0) is 52.7 Å². The highest BCUT2D eigenvalue weighted by Crippen LogP contribution is 2.16. The van der Waals surface area contributed by atoms with E-state index in [1.54, 1.807) is 31.9 Å². The SMILES string of the molecule is CCOC(=O)/C(C)=C/C(C(C)C)N(C)C(=O)CNC(=O)C1CCN(C)CC1. The number of carbonyl (C=O) groups is 3. The summed E-state index contributed by atoms with van der Waals surface area (Å²) in [6, 6.07) is -0.248. The zero-order valence-electron chi connectivity index (χ0n) is 17.6. The molecule has 1 fully saturated rings.